The van der Waals surface area contributed by atoms with E-state index in [1.165, 1.54) is 0 Å². The maximum atomic E-state index is 11.6. The highest BCUT2D eigenvalue weighted by atomic mass is 16.3. The Morgan fingerprint density at radius 3 is 1.89 bits per heavy atom. The standard InChI is InChI=1S/C23H21N3O/c27-23(16-26-17-24-25-18-26,15-19-7-3-1-4-8-19)22-13-11-21(12-14-22)20-9-5-2-6-10-20/h1-14,17-18,27H,15-16H2. The van der Waals surface area contributed by atoms with Gasteiger partial charge in [-0.15, -0.1) is 10.2 Å². The van der Waals surface area contributed by atoms with Gasteiger partial charge in [-0.3, -0.25) is 0 Å². The molecule has 0 spiro atoms. The second kappa shape index (κ2) is 7.56. The highest BCUT2D eigenvalue weighted by Gasteiger charge is 2.30. The first-order chi connectivity index (χ1) is 13.2. The van der Waals surface area contributed by atoms with Crippen molar-refractivity contribution in [3.05, 3.63) is 109 Å². The van der Waals surface area contributed by atoms with E-state index in [1.54, 1.807) is 12.7 Å². The first kappa shape index (κ1) is 17.2. The SMILES string of the molecule is OC(Cc1ccccc1)(Cn1cnnc1)c1ccc(-c2ccccc2)cc1. The van der Waals surface area contributed by atoms with Crippen molar-refractivity contribution in [3.63, 3.8) is 0 Å². The van der Waals surface area contributed by atoms with Crippen molar-refractivity contribution in [3.8, 4) is 11.1 Å². The third-order valence-electron chi connectivity index (χ3n) is 4.78. The van der Waals surface area contributed by atoms with Gasteiger partial charge in [0.05, 0.1) is 6.54 Å². The molecule has 1 atom stereocenters. The van der Waals surface area contributed by atoms with Crippen LogP contribution in [0.4, 0.5) is 0 Å². The molecule has 0 saturated carbocycles. The lowest BCUT2D eigenvalue weighted by molar-refractivity contribution is 0.0184. The molecule has 4 nitrogen and oxygen atoms in total. The zero-order valence-corrected chi connectivity index (χ0v) is 14.9. The topological polar surface area (TPSA) is 50.9 Å². The average Bonchev–Trinajstić information content (AvgIpc) is 3.22. The lowest BCUT2D eigenvalue weighted by atomic mass is 9.86. The van der Waals surface area contributed by atoms with Gasteiger partial charge in [0.15, 0.2) is 0 Å². The van der Waals surface area contributed by atoms with Gasteiger partial charge in [0, 0.05) is 6.42 Å². The molecule has 0 saturated heterocycles. The van der Waals surface area contributed by atoms with Crippen molar-refractivity contribution >= 4 is 0 Å². The average molecular weight is 355 g/mol. The molecular weight excluding hydrogens is 334 g/mol. The van der Waals surface area contributed by atoms with Crippen LogP contribution in [-0.4, -0.2) is 19.9 Å². The number of rotatable bonds is 6. The van der Waals surface area contributed by atoms with Crippen LogP contribution in [0, 0.1) is 0 Å². The molecule has 1 N–H and O–H groups in total. The molecule has 0 fully saturated rings. The molecule has 1 unspecified atom stereocenters. The Hall–Kier alpha value is -3.24. The third-order valence-corrected chi connectivity index (χ3v) is 4.78. The van der Waals surface area contributed by atoms with Gasteiger partial charge >= 0.3 is 0 Å². The molecular formula is C23H21N3O. The molecule has 1 heterocycles. The molecule has 0 bridgehead atoms. The molecule has 4 aromatic rings. The first-order valence-corrected chi connectivity index (χ1v) is 8.98. The van der Waals surface area contributed by atoms with Crippen molar-refractivity contribution in [1.82, 2.24) is 14.8 Å². The Labute approximate surface area is 158 Å². The molecule has 0 radical (unpaired) electrons. The van der Waals surface area contributed by atoms with Crippen LogP contribution < -0.4 is 0 Å². The minimum Gasteiger partial charge on any atom is -0.383 e. The van der Waals surface area contributed by atoms with Crippen LogP contribution in [0.5, 0.6) is 0 Å². The molecule has 1 aromatic heterocycles. The highest BCUT2D eigenvalue weighted by Crippen LogP contribution is 2.30. The summed E-state index contributed by atoms with van der Waals surface area (Å²) in [6, 6.07) is 28.4. The molecule has 3 aromatic carbocycles. The predicted molar refractivity (Wildman–Crippen MR) is 106 cm³/mol. The molecule has 0 amide bonds. The number of hydrogen-bond acceptors (Lipinski definition) is 3. The molecule has 4 heteroatoms. The van der Waals surface area contributed by atoms with Gasteiger partial charge < -0.3 is 9.67 Å². The maximum Gasteiger partial charge on any atom is 0.119 e. The normalized spacial score (nSPS) is 13.2. The second-order valence-electron chi connectivity index (χ2n) is 6.77. The quantitative estimate of drug-likeness (QED) is 0.567. The Kier molecular flexibility index (Phi) is 4.81. The molecule has 0 aliphatic heterocycles. The van der Waals surface area contributed by atoms with Crippen molar-refractivity contribution in [2.75, 3.05) is 0 Å². The fourth-order valence-corrected chi connectivity index (χ4v) is 3.39. The fraction of sp³-hybridized carbons (Fsp3) is 0.130. The summed E-state index contributed by atoms with van der Waals surface area (Å²) >= 11 is 0. The van der Waals surface area contributed by atoms with Crippen molar-refractivity contribution in [1.29, 1.82) is 0 Å². The van der Waals surface area contributed by atoms with E-state index in [2.05, 4.69) is 34.5 Å². The van der Waals surface area contributed by atoms with Crippen molar-refractivity contribution < 1.29 is 5.11 Å². The summed E-state index contributed by atoms with van der Waals surface area (Å²) in [7, 11) is 0. The van der Waals surface area contributed by atoms with Gasteiger partial charge in [0.1, 0.15) is 18.3 Å². The zero-order valence-electron chi connectivity index (χ0n) is 14.9. The van der Waals surface area contributed by atoms with Crippen LogP contribution in [-0.2, 0) is 18.6 Å². The van der Waals surface area contributed by atoms with E-state index in [4.69, 9.17) is 0 Å². The largest absolute Gasteiger partial charge is 0.383 e. The van der Waals surface area contributed by atoms with Gasteiger partial charge in [-0.2, -0.15) is 0 Å². The molecule has 4 rings (SSSR count). The summed E-state index contributed by atoms with van der Waals surface area (Å²) in [5, 5.41) is 19.3. The van der Waals surface area contributed by atoms with Crippen molar-refractivity contribution in [2.45, 2.75) is 18.6 Å². The van der Waals surface area contributed by atoms with Gasteiger partial charge in [0.2, 0.25) is 0 Å². The lowest BCUT2D eigenvalue weighted by Crippen LogP contribution is -2.33. The predicted octanol–water partition coefficient (Wildman–Crippen LogP) is 4.08. The summed E-state index contributed by atoms with van der Waals surface area (Å²) in [6.07, 6.45) is 3.78. The van der Waals surface area contributed by atoms with Gasteiger partial charge in [0.25, 0.3) is 0 Å². The van der Waals surface area contributed by atoms with Crippen molar-refractivity contribution in [2.24, 2.45) is 0 Å². The van der Waals surface area contributed by atoms with E-state index in [9.17, 15) is 5.11 Å². The van der Waals surface area contributed by atoms with Crippen LogP contribution in [0.25, 0.3) is 11.1 Å². The lowest BCUT2D eigenvalue weighted by Gasteiger charge is -2.29. The summed E-state index contributed by atoms with van der Waals surface area (Å²) < 4.78 is 1.81. The van der Waals surface area contributed by atoms with Crippen LogP contribution in [0.3, 0.4) is 0 Å². The van der Waals surface area contributed by atoms with E-state index in [1.807, 2.05) is 65.2 Å². The van der Waals surface area contributed by atoms with Crippen LogP contribution in [0.15, 0.2) is 97.6 Å². The van der Waals surface area contributed by atoms with Crippen LogP contribution >= 0.6 is 0 Å². The van der Waals surface area contributed by atoms with E-state index >= 15 is 0 Å². The number of benzene rings is 3. The second-order valence-corrected chi connectivity index (χ2v) is 6.77. The monoisotopic (exact) mass is 355 g/mol. The minimum atomic E-state index is -1.06. The highest BCUT2D eigenvalue weighted by molar-refractivity contribution is 5.63. The van der Waals surface area contributed by atoms with E-state index in [0.717, 1.165) is 22.3 Å². The third kappa shape index (κ3) is 3.96. The Morgan fingerprint density at radius 2 is 1.26 bits per heavy atom. The van der Waals surface area contributed by atoms with Crippen LogP contribution in [0.1, 0.15) is 11.1 Å². The molecule has 27 heavy (non-hydrogen) atoms. The van der Waals surface area contributed by atoms with Crippen LogP contribution in [0.2, 0.25) is 0 Å². The summed E-state index contributed by atoms with van der Waals surface area (Å²) in [4.78, 5) is 0. The maximum absolute atomic E-state index is 11.6. The Morgan fingerprint density at radius 1 is 0.704 bits per heavy atom. The molecule has 134 valence electrons. The zero-order chi connectivity index (χ0) is 18.5. The fourth-order valence-electron chi connectivity index (χ4n) is 3.39. The van der Waals surface area contributed by atoms with Gasteiger partial charge in [-0.05, 0) is 22.3 Å². The number of nitrogens with zero attached hydrogens (tertiary/aromatic N) is 3. The van der Waals surface area contributed by atoms with Gasteiger partial charge in [-0.25, -0.2) is 0 Å². The number of hydrogen-bond donors (Lipinski definition) is 1. The van der Waals surface area contributed by atoms with Gasteiger partial charge in [-0.1, -0.05) is 84.9 Å². The number of aromatic nitrogens is 3. The molecule has 0 aliphatic rings. The van der Waals surface area contributed by atoms with E-state index in [0.29, 0.717) is 13.0 Å². The Bertz CT molecular complexity index is 967. The minimum absolute atomic E-state index is 0.388. The van der Waals surface area contributed by atoms with E-state index in [-0.39, 0.29) is 0 Å². The van der Waals surface area contributed by atoms with E-state index < -0.39 is 5.60 Å². The summed E-state index contributed by atoms with van der Waals surface area (Å²) in [5.74, 6) is 0. The smallest absolute Gasteiger partial charge is 0.119 e. The number of aliphatic hydroxyl groups is 1. The summed E-state index contributed by atoms with van der Waals surface area (Å²) in [5.41, 5.74) is 3.19. The Balaban J connectivity index is 1.67. The summed E-state index contributed by atoms with van der Waals surface area (Å²) in [6.45, 7) is 0.388. The molecule has 0 aliphatic carbocycles. The first-order valence-electron chi connectivity index (χ1n) is 8.98.